The molecule has 1 aliphatic rings. The lowest BCUT2D eigenvalue weighted by Gasteiger charge is -2.33. The number of rotatable bonds is 2. The molecule has 2 aromatic carbocycles. The van der Waals surface area contributed by atoms with Gasteiger partial charge < -0.3 is 9.64 Å². The first-order valence-electron chi connectivity index (χ1n) is 7.05. The molecule has 1 heterocycles. The summed E-state index contributed by atoms with van der Waals surface area (Å²) in [5.74, 6) is -0.602. The van der Waals surface area contributed by atoms with Crippen molar-refractivity contribution in [3.63, 3.8) is 0 Å². The van der Waals surface area contributed by atoms with Crippen LogP contribution in [0.5, 0.6) is 0 Å². The minimum absolute atomic E-state index is 0.143. The SMILES string of the molecule is O=C(c1cc(F)cc(Br)c1)N1CCOC(c2ccccc2)C1. The minimum Gasteiger partial charge on any atom is -0.370 e. The fourth-order valence-corrected chi connectivity index (χ4v) is 3.03. The third-order valence-corrected chi connectivity index (χ3v) is 4.09. The summed E-state index contributed by atoms with van der Waals surface area (Å²) in [4.78, 5) is 14.3. The molecule has 1 fully saturated rings. The van der Waals surface area contributed by atoms with E-state index >= 15 is 0 Å². The van der Waals surface area contributed by atoms with Crippen molar-refractivity contribution in [1.82, 2.24) is 4.90 Å². The third-order valence-electron chi connectivity index (χ3n) is 3.63. The molecule has 1 aliphatic heterocycles. The minimum atomic E-state index is -0.425. The maximum Gasteiger partial charge on any atom is 0.254 e. The molecule has 0 aliphatic carbocycles. The fraction of sp³-hybridized carbons (Fsp3) is 0.235. The predicted octanol–water partition coefficient (Wildman–Crippen LogP) is 3.80. The van der Waals surface area contributed by atoms with Gasteiger partial charge in [0.05, 0.1) is 13.2 Å². The molecule has 3 rings (SSSR count). The van der Waals surface area contributed by atoms with E-state index in [0.717, 1.165) is 5.56 Å². The van der Waals surface area contributed by atoms with Gasteiger partial charge in [0.1, 0.15) is 11.9 Å². The Bertz CT molecular complexity index is 657. The van der Waals surface area contributed by atoms with Gasteiger partial charge in [-0.3, -0.25) is 4.79 Å². The molecule has 0 radical (unpaired) electrons. The normalized spacial score (nSPS) is 18.3. The monoisotopic (exact) mass is 363 g/mol. The van der Waals surface area contributed by atoms with Crippen molar-refractivity contribution in [3.8, 4) is 0 Å². The average Bonchev–Trinajstić information content (AvgIpc) is 2.54. The van der Waals surface area contributed by atoms with Crippen molar-refractivity contribution in [2.24, 2.45) is 0 Å². The molecule has 1 saturated heterocycles. The molecule has 0 bridgehead atoms. The molecular weight excluding hydrogens is 349 g/mol. The molecule has 114 valence electrons. The van der Waals surface area contributed by atoms with E-state index in [1.54, 1.807) is 11.0 Å². The maximum absolute atomic E-state index is 13.5. The lowest BCUT2D eigenvalue weighted by molar-refractivity contribution is -0.0228. The van der Waals surface area contributed by atoms with Crippen LogP contribution in [0.1, 0.15) is 22.0 Å². The zero-order chi connectivity index (χ0) is 15.5. The molecule has 2 aromatic rings. The Morgan fingerprint density at radius 1 is 1.23 bits per heavy atom. The number of morpholine rings is 1. The van der Waals surface area contributed by atoms with Gasteiger partial charge in [-0.25, -0.2) is 4.39 Å². The smallest absolute Gasteiger partial charge is 0.254 e. The van der Waals surface area contributed by atoms with Crippen LogP contribution >= 0.6 is 15.9 Å². The van der Waals surface area contributed by atoms with E-state index in [4.69, 9.17) is 4.74 Å². The quantitative estimate of drug-likeness (QED) is 0.811. The lowest BCUT2D eigenvalue weighted by Crippen LogP contribution is -2.42. The highest BCUT2D eigenvalue weighted by Gasteiger charge is 2.26. The van der Waals surface area contributed by atoms with Crippen molar-refractivity contribution in [3.05, 3.63) is 69.9 Å². The van der Waals surface area contributed by atoms with E-state index in [9.17, 15) is 9.18 Å². The number of carbonyl (C=O) groups is 1. The molecule has 0 aromatic heterocycles. The number of amides is 1. The van der Waals surface area contributed by atoms with Crippen LogP contribution in [0.2, 0.25) is 0 Å². The van der Waals surface area contributed by atoms with Crippen LogP contribution in [0.15, 0.2) is 53.0 Å². The van der Waals surface area contributed by atoms with Crippen molar-refractivity contribution in [1.29, 1.82) is 0 Å². The highest BCUT2D eigenvalue weighted by Crippen LogP contribution is 2.24. The van der Waals surface area contributed by atoms with E-state index < -0.39 is 5.82 Å². The second-order valence-electron chi connectivity index (χ2n) is 5.18. The van der Waals surface area contributed by atoms with Gasteiger partial charge in [-0.2, -0.15) is 0 Å². The number of carbonyl (C=O) groups excluding carboxylic acids is 1. The summed E-state index contributed by atoms with van der Waals surface area (Å²) in [6.45, 7) is 1.45. The van der Waals surface area contributed by atoms with Crippen LogP contribution in [0, 0.1) is 5.82 Å². The van der Waals surface area contributed by atoms with Gasteiger partial charge in [0, 0.05) is 16.6 Å². The first-order valence-corrected chi connectivity index (χ1v) is 7.85. The van der Waals surface area contributed by atoms with E-state index in [1.807, 2.05) is 30.3 Å². The van der Waals surface area contributed by atoms with Crippen LogP contribution in [-0.4, -0.2) is 30.5 Å². The lowest BCUT2D eigenvalue weighted by atomic mass is 10.1. The summed E-state index contributed by atoms with van der Waals surface area (Å²) in [6, 6.07) is 14.0. The van der Waals surface area contributed by atoms with Gasteiger partial charge >= 0.3 is 0 Å². The first kappa shape index (κ1) is 15.2. The van der Waals surface area contributed by atoms with Gasteiger partial charge in [0.2, 0.25) is 0 Å². The summed E-state index contributed by atoms with van der Waals surface area (Å²) in [5, 5.41) is 0. The van der Waals surface area contributed by atoms with Crippen LogP contribution in [0.25, 0.3) is 0 Å². The number of ether oxygens (including phenoxy) is 1. The Hall–Kier alpha value is -1.72. The number of nitrogens with zero attached hydrogens (tertiary/aromatic N) is 1. The summed E-state index contributed by atoms with van der Waals surface area (Å²) in [6.07, 6.45) is -0.143. The molecule has 1 amide bonds. The van der Waals surface area contributed by atoms with Crippen molar-refractivity contribution >= 4 is 21.8 Å². The maximum atomic E-state index is 13.5. The van der Waals surface area contributed by atoms with Gasteiger partial charge in [0.25, 0.3) is 5.91 Å². The van der Waals surface area contributed by atoms with Crippen molar-refractivity contribution < 1.29 is 13.9 Å². The summed E-state index contributed by atoms with van der Waals surface area (Å²) < 4.78 is 19.8. The molecule has 22 heavy (non-hydrogen) atoms. The highest BCUT2D eigenvalue weighted by atomic mass is 79.9. The van der Waals surface area contributed by atoms with Crippen LogP contribution in [0.3, 0.4) is 0 Å². The molecule has 3 nitrogen and oxygen atoms in total. The fourth-order valence-electron chi connectivity index (χ4n) is 2.56. The van der Waals surface area contributed by atoms with Gasteiger partial charge in [0.15, 0.2) is 0 Å². The predicted molar refractivity (Wildman–Crippen MR) is 85.1 cm³/mol. The van der Waals surface area contributed by atoms with Gasteiger partial charge in [-0.1, -0.05) is 46.3 Å². The molecule has 0 saturated carbocycles. The zero-order valence-corrected chi connectivity index (χ0v) is 13.4. The third kappa shape index (κ3) is 3.36. The topological polar surface area (TPSA) is 29.5 Å². The number of benzene rings is 2. The second-order valence-corrected chi connectivity index (χ2v) is 6.10. The summed E-state index contributed by atoms with van der Waals surface area (Å²) in [5.41, 5.74) is 1.39. The van der Waals surface area contributed by atoms with Crippen LogP contribution in [0.4, 0.5) is 4.39 Å². The van der Waals surface area contributed by atoms with Crippen molar-refractivity contribution in [2.45, 2.75) is 6.10 Å². The summed E-state index contributed by atoms with van der Waals surface area (Å²) in [7, 11) is 0. The summed E-state index contributed by atoms with van der Waals surface area (Å²) >= 11 is 3.22. The Kier molecular flexibility index (Phi) is 4.55. The molecule has 5 heteroatoms. The number of hydrogen-bond donors (Lipinski definition) is 0. The first-order chi connectivity index (χ1) is 10.6. The molecule has 0 N–H and O–H groups in total. The van der Waals surface area contributed by atoms with E-state index in [0.29, 0.717) is 29.7 Å². The number of hydrogen-bond acceptors (Lipinski definition) is 2. The Morgan fingerprint density at radius 3 is 2.73 bits per heavy atom. The average molecular weight is 364 g/mol. The highest BCUT2D eigenvalue weighted by molar-refractivity contribution is 9.10. The van der Waals surface area contributed by atoms with Crippen LogP contribution < -0.4 is 0 Å². The number of halogens is 2. The van der Waals surface area contributed by atoms with E-state index in [2.05, 4.69) is 15.9 Å². The zero-order valence-electron chi connectivity index (χ0n) is 11.8. The van der Waals surface area contributed by atoms with Crippen LogP contribution in [-0.2, 0) is 4.74 Å². The Labute approximate surface area is 136 Å². The van der Waals surface area contributed by atoms with E-state index in [1.165, 1.54) is 12.1 Å². The Morgan fingerprint density at radius 2 is 2.00 bits per heavy atom. The largest absolute Gasteiger partial charge is 0.370 e. The molecule has 1 atom stereocenters. The van der Waals surface area contributed by atoms with Gasteiger partial charge in [-0.05, 0) is 23.8 Å². The van der Waals surface area contributed by atoms with E-state index in [-0.39, 0.29) is 12.0 Å². The molecular formula is C17H15BrFNO2. The second kappa shape index (κ2) is 6.58. The van der Waals surface area contributed by atoms with Gasteiger partial charge in [-0.15, -0.1) is 0 Å². The molecule has 0 spiro atoms. The Balaban J connectivity index is 1.78. The van der Waals surface area contributed by atoms with Crippen molar-refractivity contribution in [2.75, 3.05) is 19.7 Å². The molecule has 1 unspecified atom stereocenters. The standard InChI is InChI=1S/C17H15BrFNO2/c18-14-8-13(9-15(19)10-14)17(21)20-6-7-22-16(11-20)12-4-2-1-3-5-12/h1-5,8-10,16H,6-7,11H2.